The lowest BCUT2D eigenvalue weighted by Gasteiger charge is -2.31. The Morgan fingerprint density at radius 3 is 2.71 bits per heavy atom. The van der Waals surface area contributed by atoms with Gasteiger partial charge in [0.1, 0.15) is 6.33 Å². The number of aromatic nitrogens is 3. The van der Waals surface area contributed by atoms with Gasteiger partial charge in [0.2, 0.25) is 3.83 Å². The maximum atomic E-state index is 4.39. The minimum Gasteiger partial charge on any atom is -0.249 e. The van der Waals surface area contributed by atoms with Gasteiger partial charge in [0.05, 0.1) is 6.04 Å². The Bertz CT molecular complexity index is 310. The Labute approximate surface area is 98.4 Å². The molecule has 78 valence electrons. The zero-order valence-corrected chi connectivity index (χ0v) is 10.8. The lowest BCUT2D eigenvalue weighted by atomic mass is 9.79. The molecular weight excluding hydrogens is 289 g/mol. The van der Waals surface area contributed by atoms with Crippen LogP contribution in [-0.4, -0.2) is 14.8 Å². The van der Waals surface area contributed by atoms with Crippen molar-refractivity contribution < 1.29 is 0 Å². The van der Waals surface area contributed by atoms with Gasteiger partial charge in [0.25, 0.3) is 0 Å². The fourth-order valence-electron chi connectivity index (χ4n) is 2.19. The second kappa shape index (κ2) is 4.16. The van der Waals surface area contributed by atoms with Crippen molar-refractivity contribution in [3.8, 4) is 0 Å². The molecule has 0 bridgehead atoms. The fraction of sp³-hybridized carbons (Fsp3) is 0.800. The Morgan fingerprint density at radius 2 is 2.14 bits per heavy atom. The average Bonchev–Trinajstić information content (AvgIpc) is 2.57. The Kier molecular flexibility index (Phi) is 3.09. The van der Waals surface area contributed by atoms with Crippen molar-refractivity contribution in [3.63, 3.8) is 0 Å². The summed E-state index contributed by atoms with van der Waals surface area (Å²) in [5, 5.41) is 4.39. The highest BCUT2D eigenvalue weighted by Crippen LogP contribution is 2.35. The molecule has 0 saturated heterocycles. The molecule has 1 aromatic rings. The third-order valence-corrected chi connectivity index (χ3v) is 3.92. The number of rotatable bonds is 1. The van der Waals surface area contributed by atoms with E-state index in [4.69, 9.17) is 0 Å². The van der Waals surface area contributed by atoms with E-state index < -0.39 is 0 Å². The normalized spacial score (nSPS) is 33.2. The second-order valence-corrected chi connectivity index (χ2v) is 5.38. The summed E-state index contributed by atoms with van der Waals surface area (Å²) < 4.78 is 2.90. The van der Waals surface area contributed by atoms with Gasteiger partial charge in [-0.2, -0.15) is 0 Å². The van der Waals surface area contributed by atoms with Crippen LogP contribution in [0.25, 0.3) is 0 Å². The molecule has 1 aliphatic rings. The van der Waals surface area contributed by atoms with Crippen LogP contribution in [0.4, 0.5) is 0 Å². The van der Waals surface area contributed by atoms with Crippen LogP contribution in [0, 0.1) is 15.7 Å². The molecule has 3 nitrogen and oxygen atoms in total. The molecule has 1 fully saturated rings. The molecule has 3 unspecified atom stereocenters. The highest BCUT2D eigenvalue weighted by Gasteiger charge is 2.26. The molecule has 1 aliphatic carbocycles. The van der Waals surface area contributed by atoms with Gasteiger partial charge in [-0.3, -0.25) is 0 Å². The topological polar surface area (TPSA) is 30.7 Å². The lowest BCUT2D eigenvalue weighted by molar-refractivity contribution is 0.200. The molecule has 0 spiro atoms. The minimum absolute atomic E-state index is 0.581. The van der Waals surface area contributed by atoms with Gasteiger partial charge in [-0.1, -0.05) is 13.8 Å². The molecule has 1 aromatic heterocycles. The maximum absolute atomic E-state index is 4.39. The van der Waals surface area contributed by atoms with Crippen LogP contribution >= 0.6 is 22.6 Å². The van der Waals surface area contributed by atoms with Crippen LogP contribution in [0.3, 0.4) is 0 Å². The number of hydrogen-bond donors (Lipinski definition) is 0. The summed E-state index contributed by atoms with van der Waals surface area (Å²) in [5.74, 6) is 1.68. The predicted octanol–water partition coefficient (Wildman–Crippen LogP) is 2.88. The third-order valence-electron chi connectivity index (χ3n) is 3.43. The molecular formula is C10H16IN3. The number of halogens is 1. The van der Waals surface area contributed by atoms with Gasteiger partial charge < -0.3 is 0 Å². The summed E-state index contributed by atoms with van der Waals surface area (Å²) in [6.07, 6.45) is 5.70. The van der Waals surface area contributed by atoms with Crippen molar-refractivity contribution in [2.45, 2.75) is 39.2 Å². The van der Waals surface area contributed by atoms with E-state index in [-0.39, 0.29) is 0 Å². The smallest absolute Gasteiger partial charge is 0.211 e. The largest absolute Gasteiger partial charge is 0.249 e. The van der Waals surface area contributed by atoms with Crippen molar-refractivity contribution in [1.82, 2.24) is 14.8 Å². The first-order chi connectivity index (χ1) is 6.66. The van der Waals surface area contributed by atoms with Crippen LogP contribution in [0.2, 0.25) is 0 Å². The molecule has 1 saturated carbocycles. The summed E-state index contributed by atoms with van der Waals surface area (Å²) in [4.78, 5) is 4.17. The third kappa shape index (κ3) is 2.10. The van der Waals surface area contributed by atoms with Crippen molar-refractivity contribution in [1.29, 1.82) is 0 Å². The van der Waals surface area contributed by atoms with Crippen molar-refractivity contribution in [2.75, 3.05) is 0 Å². The molecule has 4 heteroatoms. The Morgan fingerprint density at radius 1 is 1.36 bits per heavy atom. The van der Waals surface area contributed by atoms with Crippen molar-refractivity contribution in [2.24, 2.45) is 11.8 Å². The average molecular weight is 305 g/mol. The van der Waals surface area contributed by atoms with E-state index in [1.165, 1.54) is 19.3 Å². The SMILES string of the molecule is CC1CCC(n2cnc(I)n2)CC1C. The zero-order chi connectivity index (χ0) is 10.1. The molecule has 0 N–H and O–H groups in total. The highest BCUT2D eigenvalue weighted by atomic mass is 127. The van der Waals surface area contributed by atoms with Gasteiger partial charge in [0.15, 0.2) is 0 Å². The summed E-state index contributed by atoms with van der Waals surface area (Å²) in [6, 6.07) is 0.581. The van der Waals surface area contributed by atoms with E-state index in [0.717, 1.165) is 15.7 Å². The second-order valence-electron chi connectivity index (χ2n) is 4.42. The van der Waals surface area contributed by atoms with E-state index in [0.29, 0.717) is 6.04 Å². The maximum Gasteiger partial charge on any atom is 0.211 e. The van der Waals surface area contributed by atoms with Crippen LogP contribution < -0.4 is 0 Å². The van der Waals surface area contributed by atoms with Gasteiger partial charge in [-0.25, -0.2) is 9.67 Å². The molecule has 0 amide bonds. The zero-order valence-electron chi connectivity index (χ0n) is 8.65. The fourth-order valence-corrected chi connectivity index (χ4v) is 2.56. The Hall–Kier alpha value is -0.130. The summed E-state index contributed by atoms with van der Waals surface area (Å²) in [7, 11) is 0. The molecule has 14 heavy (non-hydrogen) atoms. The first kappa shape index (κ1) is 10.4. The first-order valence-electron chi connectivity index (χ1n) is 5.23. The molecule has 0 aromatic carbocycles. The molecule has 3 atom stereocenters. The standard InChI is InChI=1S/C10H16IN3/c1-7-3-4-9(5-8(7)2)14-6-12-10(11)13-14/h6-9H,3-5H2,1-2H3. The quantitative estimate of drug-likeness (QED) is 0.747. The summed E-state index contributed by atoms with van der Waals surface area (Å²) >= 11 is 2.16. The molecule has 0 aliphatic heterocycles. The van der Waals surface area contributed by atoms with E-state index in [2.05, 4.69) is 46.5 Å². The summed E-state index contributed by atoms with van der Waals surface area (Å²) in [6.45, 7) is 4.70. The van der Waals surface area contributed by atoms with Crippen LogP contribution in [0.1, 0.15) is 39.2 Å². The van der Waals surface area contributed by atoms with Gasteiger partial charge >= 0.3 is 0 Å². The monoisotopic (exact) mass is 305 g/mol. The van der Waals surface area contributed by atoms with E-state index in [9.17, 15) is 0 Å². The van der Waals surface area contributed by atoms with E-state index >= 15 is 0 Å². The van der Waals surface area contributed by atoms with Crippen molar-refractivity contribution >= 4 is 22.6 Å². The number of nitrogens with zero attached hydrogens (tertiary/aromatic N) is 3. The van der Waals surface area contributed by atoms with Crippen molar-refractivity contribution in [3.05, 3.63) is 10.2 Å². The van der Waals surface area contributed by atoms with Crippen LogP contribution in [-0.2, 0) is 0 Å². The number of hydrogen-bond acceptors (Lipinski definition) is 2. The van der Waals surface area contributed by atoms with Crippen LogP contribution in [0.5, 0.6) is 0 Å². The van der Waals surface area contributed by atoms with E-state index in [1.54, 1.807) is 0 Å². The molecule has 2 rings (SSSR count). The van der Waals surface area contributed by atoms with Gasteiger partial charge in [-0.15, -0.1) is 5.10 Å². The highest BCUT2D eigenvalue weighted by molar-refractivity contribution is 14.1. The summed E-state index contributed by atoms with van der Waals surface area (Å²) in [5.41, 5.74) is 0. The van der Waals surface area contributed by atoms with Gasteiger partial charge in [-0.05, 0) is 31.1 Å². The Balaban J connectivity index is 2.06. The van der Waals surface area contributed by atoms with Crippen LogP contribution in [0.15, 0.2) is 6.33 Å². The van der Waals surface area contributed by atoms with E-state index in [1.807, 2.05) is 11.0 Å². The molecule has 0 radical (unpaired) electrons. The first-order valence-corrected chi connectivity index (χ1v) is 6.31. The minimum atomic E-state index is 0.581. The van der Waals surface area contributed by atoms with Gasteiger partial charge in [0, 0.05) is 22.6 Å². The molecule has 1 heterocycles. The lowest BCUT2D eigenvalue weighted by Crippen LogP contribution is -2.23. The predicted molar refractivity (Wildman–Crippen MR) is 64.0 cm³/mol.